The molecule has 0 aliphatic carbocycles. The molecule has 2 heterocycles. The second-order valence-corrected chi connectivity index (χ2v) is 5.20. The van der Waals surface area contributed by atoms with E-state index in [1.54, 1.807) is 6.20 Å². The Morgan fingerprint density at radius 3 is 2.10 bits per heavy atom. The van der Waals surface area contributed by atoms with Crippen LogP contribution in [0, 0.1) is 0 Å². The molecule has 5 heteroatoms. The molecule has 0 unspecified atom stereocenters. The second kappa shape index (κ2) is 6.20. The number of rotatable bonds is 3. The molecule has 3 nitrogen and oxygen atoms in total. The van der Waals surface area contributed by atoms with E-state index in [0.29, 0.717) is 28.2 Å². The Balaban J connectivity index is 1.97. The SMILES string of the molecule is Clc1nc(-c2ccccn2)nc(Cl)c1Cc1ccccc1. The van der Waals surface area contributed by atoms with Crippen LogP contribution in [-0.2, 0) is 6.42 Å². The van der Waals surface area contributed by atoms with Gasteiger partial charge in [-0.15, -0.1) is 0 Å². The zero-order chi connectivity index (χ0) is 14.7. The smallest absolute Gasteiger partial charge is 0.181 e. The molecule has 0 radical (unpaired) electrons. The normalized spacial score (nSPS) is 10.6. The summed E-state index contributed by atoms with van der Waals surface area (Å²) in [7, 11) is 0. The van der Waals surface area contributed by atoms with E-state index < -0.39 is 0 Å². The Hall–Kier alpha value is -1.97. The van der Waals surface area contributed by atoms with Gasteiger partial charge in [0.2, 0.25) is 0 Å². The predicted molar refractivity (Wildman–Crippen MR) is 84.5 cm³/mol. The van der Waals surface area contributed by atoms with E-state index in [-0.39, 0.29) is 0 Å². The third-order valence-corrected chi connectivity index (χ3v) is 3.65. The molecule has 0 saturated heterocycles. The average Bonchev–Trinajstić information content (AvgIpc) is 2.52. The lowest BCUT2D eigenvalue weighted by molar-refractivity contribution is 1.07. The lowest BCUT2D eigenvalue weighted by Gasteiger charge is -2.08. The van der Waals surface area contributed by atoms with E-state index in [1.165, 1.54) is 0 Å². The molecule has 0 fully saturated rings. The Bertz CT molecular complexity index is 723. The van der Waals surface area contributed by atoms with E-state index in [1.807, 2.05) is 48.5 Å². The summed E-state index contributed by atoms with van der Waals surface area (Å²) in [6, 6.07) is 15.5. The lowest BCUT2D eigenvalue weighted by atomic mass is 10.1. The van der Waals surface area contributed by atoms with E-state index >= 15 is 0 Å². The molecule has 0 aliphatic rings. The fourth-order valence-corrected chi connectivity index (χ4v) is 2.51. The molecular formula is C16H11Cl2N3. The van der Waals surface area contributed by atoms with E-state index in [2.05, 4.69) is 15.0 Å². The summed E-state index contributed by atoms with van der Waals surface area (Å²) in [5, 5.41) is 0.721. The standard InChI is InChI=1S/C16H11Cl2N3/c17-14-12(10-11-6-2-1-3-7-11)15(18)21-16(20-14)13-8-4-5-9-19-13/h1-9H,10H2. The van der Waals surface area contributed by atoms with Crippen molar-refractivity contribution in [2.24, 2.45) is 0 Å². The molecule has 21 heavy (non-hydrogen) atoms. The van der Waals surface area contributed by atoms with Gasteiger partial charge in [-0.05, 0) is 17.7 Å². The van der Waals surface area contributed by atoms with Crippen molar-refractivity contribution in [1.29, 1.82) is 0 Å². The van der Waals surface area contributed by atoms with Gasteiger partial charge in [0, 0.05) is 18.2 Å². The van der Waals surface area contributed by atoms with Crippen molar-refractivity contribution in [3.63, 3.8) is 0 Å². The summed E-state index contributed by atoms with van der Waals surface area (Å²) in [6.07, 6.45) is 2.28. The van der Waals surface area contributed by atoms with Crippen LogP contribution in [0.4, 0.5) is 0 Å². The summed E-state index contributed by atoms with van der Waals surface area (Å²) in [5.41, 5.74) is 2.48. The van der Waals surface area contributed by atoms with Crippen LogP contribution < -0.4 is 0 Å². The number of hydrogen-bond donors (Lipinski definition) is 0. The predicted octanol–water partition coefficient (Wildman–Crippen LogP) is 4.44. The minimum Gasteiger partial charge on any atom is -0.253 e. The van der Waals surface area contributed by atoms with Crippen molar-refractivity contribution in [2.45, 2.75) is 6.42 Å². The second-order valence-electron chi connectivity index (χ2n) is 4.48. The first-order chi connectivity index (χ1) is 10.2. The van der Waals surface area contributed by atoms with Crippen LogP contribution in [0.25, 0.3) is 11.5 Å². The number of hydrogen-bond acceptors (Lipinski definition) is 3. The van der Waals surface area contributed by atoms with Crippen LogP contribution in [0.1, 0.15) is 11.1 Å². The first-order valence-corrected chi connectivity index (χ1v) is 7.17. The van der Waals surface area contributed by atoms with Crippen molar-refractivity contribution in [3.05, 3.63) is 76.2 Å². The van der Waals surface area contributed by atoms with Gasteiger partial charge in [0.05, 0.1) is 0 Å². The molecule has 1 aromatic carbocycles. The van der Waals surface area contributed by atoms with Crippen LogP contribution in [0.2, 0.25) is 10.3 Å². The van der Waals surface area contributed by atoms with Gasteiger partial charge in [-0.3, -0.25) is 4.98 Å². The highest BCUT2D eigenvalue weighted by atomic mass is 35.5. The highest BCUT2D eigenvalue weighted by Crippen LogP contribution is 2.26. The Kier molecular flexibility index (Phi) is 4.13. The van der Waals surface area contributed by atoms with Gasteiger partial charge in [-0.25, -0.2) is 9.97 Å². The molecule has 0 N–H and O–H groups in total. The Morgan fingerprint density at radius 1 is 0.810 bits per heavy atom. The van der Waals surface area contributed by atoms with E-state index in [4.69, 9.17) is 23.2 Å². The van der Waals surface area contributed by atoms with Gasteiger partial charge in [0.15, 0.2) is 5.82 Å². The molecule has 3 rings (SSSR count). The number of benzene rings is 1. The summed E-state index contributed by atoms with van der Waals surface area (Å²) in [4.78, 5) is 12.8. The van der Waals surface area contributed by atoms with Crippen molar-refractivity contribution < 1.29 is 0 Å². The first kappa shape index (κ1) is 14.0. The van der Waals surface area contributed by atoms with Crippen LogP contribution in [-0.4, -0.2) is 15.0 Å². The zero-order valence-electron chi connectivity index (χ0n) is 11.0. The molecule has 104 valence electrons. The van der Waals surface area contributed by atoms with Gasteiger partial charge >= 0.3 is 0 Å². The minimum absolute atomic E-state index is 0.361. The minimum atomic E-state index is 0.361. The van der Waals surface area contributed by atoms with Crippen LogP contribution >= 0.6 is 23.2 Å². The van der Waals surface area contributed by atoms with Gasteiger partial charge in [-0.2, -0.15) is 0 Å². The molecular weight excluding hydrogens is 305 g/mol. The van der Waals surface area contributed by atoms with Crippen LogP contribution in [0.5, 0.6) is 0 Å². The average molecular weight is 316 g/mol. The van der Waals surface area contributed by atoms with Gasteiger partial charge < -0.3 is 0 Å². The quantitative estimate of drug-likeness (QED) is 0.671. The highest BCUT2D eigenvalue weighted by molar-refractivity contribution is 6.34. The zero-order valence-corrected chi connectivity index (χ0v) is 12.5. The number of nitrogens with zero attached hydrogens (tertiary/aromatic N) is 3. The fraction of sp³-hybridized carbons (Fsp3) is 0.0625. The topological polar surface area (TPSA) is 38.7 Å². The summed E-state index contributed by atoms with van der Waals surface area (Å²) in [6.45, 7) is 0. The lowest BCUT2D eigenvalue weighted by Crippen LogP contribution is -1.99. The van der Waals surface area contributed by atoms with Crippen molar-refractivity contribution in [1.82, 2.24) is 15.0 Å². The maximum Gasteiger partial charge on any atom is 0.181 e. The van der Waals surface area contributed by atoms with Crippen molar-refractivity contribution in [3.8, 4) is 11.5 Å². The van der Waals surface area contributed by atoms with Crippen LogP contribution in [0.3, 0.4) is 0 Å². The summed E-state index contributed by atoms with van der Waals surface area (Å²) >= 11 is 12.5. The summed E-state index contributed by atoms with van der Waals surface area (Å²) in [5.74, 6) is 0.433. The molecule has 2 aromatic heterocycles. The third-order valence-electron chi connectivity index (χ3n) is 3.02. The first-order valence-electron chi connectivity index (χ1n) is 6.41. The molecule has 3 aromatic rings. The molecule has 0 atom stereocenters. The van der Waals surface area contributed by atoms with Gasteiger partial charge in [-0.1, -0.05) is 59.6 Å². The largest absolute Gasteiger partial charge is 0.253 e. The van der Waals surface area contributed by atoms with E-state index in [0.717, 1.165) is 11.1 Å². The van der Waals surface area contributed by atoms with Gasteiger partial charge in [0.25, 0.3) is 0 Å². The van der Waals surface area contributed by atoms with Crippen molar-refractivity contribution >= 4 is 23.2 Å². The summed E-state index contributed by atoms with van der Waals surface area (Å²) < 4.78 is 0. The molecule has 0 bridgehead atoms. The Morgan fingerprint density at radius 2 is 1.48 bits per heavy atom. The maximum absolute atomic E-state index is 6.27. The Labute approximate surface area is 132 Å². The monoisotopic (exact) mass is 315 g/mol. The van der Waals surface area contributed by atoms with Crippen molar-refractivity contribution in [2.75, 3.05) is 0 Å². The fourth-order valence-electron chi connectivity index (χ4n) is 1.99. The van der Waals surface area contributed by atoms with Crippen LogP contribution in [0.15, 0.2) is 54.7 Å². The molecule has 0 aliphatic heterocycles. The van der Waals surface area contributed by atoms with Gasteiger partial charge in [0.1, 0.15) is 16.0 Å². The number of pyridine rings is 1. The maximum atomic E-state index is 6.27. The number of halogens is 2. The molecule has 0 amide bonds. The molecule has 0 saturated carbocycles. The molecule has 0 spiro atoms. The van der Waals surface area contributed by atoms with E-state index in [9.17, 15) is 0 Å². The highest BCUT2D eigenvalue weighted by Gasteiger charge is 2.13. The third kappa shape index (κ3) is 3.20. The number of aromatic nitrogens is 3.